The zero-order chi connectivity index (χ0) is 22.4. The lowest BCUT2D eigenvalue weighted by Crippen LogP contribution is -2.63. The first-order chi connectivity index (χ1) is 15.5. The number of rotatable bonds is 5. The molecule has 32 heavy (non-hydrogen) atoms. The number of hydrogen-bond donors (Lipinski definition) is 1. The van der Waals surface area contributed by atoms with Crippen LogP contribution in [0.3, 0.4) is 0 Å². The van der Waals surface area contributed by atoms with Crippen LogP contribution in [0.4, 0.5) is 0 Å². The molecular formula is C26H29N3O3. The van der Waals surface area contributed by atoms with Crippen LogP contribution in [0.15, 0.2) is 48.5 Å². The molecule has 0 spiro atoms. The zero-order valence-corrected chi connectivity index (χ0v) is 18.8. The molecule has 3 aromatic rings. The molecule has 166 valence electrons. The summed E-state index contributed by atoms with van der Waals surface area (Å²) in [7, 11) is 1.64. The van der Waals surface area contributed by atoms with Gasteiger partial charge in [-0.05, 0) is 41.7 Å². The number of hydrogen-bond acceptors (Lipinski definition) is 3. The Morgan fingerprint density at radius 2 is 1.84 bits per heavy atom. The summed E-state index contributed by atoms with van der Waals surface area (Å²) in [5, 5.41) is 1.13. The van der Waals surface area contributed by atoms with E-state index in [4.69, 9.17) is 4.74 Å². The largest absolute Gasteiger partial charge is 0.497 e. The van der Waals surface area contributed by atoms with Gasteiger partial charge in [-0.15, -0.1) is 0 Å². The number of nitrogens with zero attached hydrogens (tertiary/aromatic N) is 2. The quantitative estimate of drug-likeness (QED) is 0.666. The lowest BCUT2D eigenvalue weighted by Gasteiger charge is -2.47. The van der Waals surface area contributed by atoms with E-state index in [0.717, 1.165) is 39.9 Å². The zero-order valence-electron chi connectivity index (χ0n) is 18.8. The number of methoxy groups -OCH3 is 1. The second kappa shape index (κ2) is 8.01. The Balaban J connectivity index is 1.62. The van der Waals surface area contributed by atoms with E-state index in [0.29, 0.717) is 18.9 Å². The van der Waals surface area contributed by atoms with Crippen molar-refractivity contribution in [3.63, 3.8) is 0 Å². The number of amides is 2. The summed E-state index contributed by atoms with van der Waals surface area (Å²) < 4.78 is 5.33. The van der Waals surface area contributed by atoms with Gasteiger partial charge in [0, 0.05) is 29.6 Å². The second-order valence-corrected chi connectivity index (χ2v) is 9.20. The van der Waals surface area contributed by atoms with Gasteiger partial charge in [0.15, 0.2) is 0 Å². The van der Waals surface area contributed by atoms with Gasteiger partial charge in [0.1, 0.15) is 11.8 Å². The van der Waals surface area contributed by atoms with Gasteiger partial charge in [0.25, 0.3) is 0 Å². The van der Waals surface area contributed by atoms with Crippen molar-refractivity contribution in [2.45, 2.75) is 38.8 Å². The first-order valence-corrected chi connectivity index (χ1v) is 11.3. The van der Waals surface area contributed by atoms with Crippen LogP contribution in [0.25, 0.3) is 10.9 Å². The summed E-state index contributed by atoms with van der Waals surface area (Å²) in [5.41, 5.74) is 4.14. The lowest BCUT2D eigenvalue weighted by atomic mass is 9.86. The predicted octanol–water partition coefficient (Wildman–Crippen LogP) is 3.91. The van der Waals surface area contributed by atoms with Gasteiger partial charge in [-0.25, -0.2) is 0 Å². The fourth-order valence-electron chi connectivity index (χ4n) is 5.06. The molecule has 0 bridgehead atoms. The number of ether oxygens (including phenoxy) is 1. The molecule has 0 saturated carbocycles. The third-order valence-electron chi connectivity index (χ3n) is 6.75. The third kappa shape index (κ3) is 3.34. The standard InChI is InChI=1S/C26H29N3O3/c1-16(2)12-13-28-15-23(30)29-22(26(28)31)14-20-19-6-4-5-7-21(19)27-24(20)25(29)17-8-10-18(32-3)11-9-17/h4-11,16,22,25,27H,12-15H2,1-3H3/t22-,25?/m0/s1. The monoisotopic (exact) mass is 431 g/mol. The Bertz CT molecular complexity index is 1160. The maximum atomic E-state index is 13.6. The molecule has 1 aromatic heterocycles. The molecule has 2 aromatic carbocycles. The number of para-hydroxylation sites is 1. The van der Waals surface area contributed by atoms with Crippen LogP contribution >= 0.6 is 0 Å². The normalized spacial score (nSPS) is 20.6. The number of carbonyl (C=O) groups is 2. The molecule has 2 atom stereocenters. The van der Waals surface area contributed by atoms with Crippen LogP contribution in [0.2, 0.25) is 0 Å². The second-order valence-electron chi connectivity index (χ2n) is 9.20. The van der Waals surface area contributed by atoms with Gasteiger partial charge in [-0.3, -0.25) is 9.59 Å². The van der Waals surface area contributed by atoms with Gasteiger partial charge in [0.05, 0.1) is 19.7 Å². The fraction of sp³-hybridized carbons (Fsp3) is 0.385. The van der Waals surface area contributed by atoms with E-state index in [-0.39, 0.29) is 24.4 Å². The number of piperazine rings is 1. The summed E-state index contributed by atoms with van der Waals surface area (Å²) >= 11 is 0. The molecule has 1 N–H and O–H groups in total. The van der Waals surface area contributed by atoms with Crippen molar-refractivity contribution in [3.8, 4) is 5.75 Å². The molecule has 3 heterocycles. The van der Waals surface area contributed by atoms with E-state index in [1.807, 2.05) is 41.3 Å². The van der Waals surface area contributed by atoms with Crippen molar-refractivity contribution in [2.75, 3.05) is 20.2 Å². The molecule has 6 nitrogen and oxygen atoms in total. The number of aromatic amines is 1. The van der Waals surface area contributed by atoms with Crippen LogP contribution in [-0.4, -0.2) is 52.8 Å². The SMILES string of the molecule is COc1ccc(C2c3[nH]c4ccccc4c3C[C@H]3C(=O)N(CCC(C)C)CC(=O)N23)cc1. The molecular weight excluding hydrogens is 402 g/mol. The van der Waals surface area contributed by atoms with E-state index >= 15 is 0 Å². The number of carbonyl (C=O) groups excluding carboxylic acids is 2. The van der Waals surface area contributed by atoms with Crippen molar-refractivity contribution < 1.29 is 14.3 Å². The van der Waals surface area contributed by atoms with Crippen LogP contribution in [0.5, 0.6) is 5.75 Å². The number of H-pyrrole nitrogens is 1. The maximum Gasteiger partial charge on any atom is 0.246 e. The number of benzene rings is 2. The highest BCUT2D eigenvalue weighted by atomic mass is 16.5. The van der Waals surface area contributed by atoms with Crippen LogP contribution in [0.1, 0.15) is 43.1 Å². The minimum Gasteiger partial charge on any atom is -0.497 e. The van der Waals surface area contributed by atoms with Crippen molar-refractivity contribution in [1.29, 1.82) is 0 Å². The Morgan fingerprint density at radius 3 is 2.56 bits per heavy atom. The summed E-state index contributed by atoms with van der Waals surface area (Å²) in [5.74, 6) is 1.30. The predicted molar refractivity (Wildman–Crippen MR) is 124 cm³/mol. The van der Waals surface area contributed by atoms with Crippen LogP contribution in [-0.2, 0) is 16.0 Å². The molecule has 1 unspecified atom stereocenters. The number of fused-ring (bicyclic) bond motifs is 4. The van der Waals surface area contributed by atoms with Crippen LogP contribution < -0.4 is 4.74 Å². The van der Waals surface area contributed by atoms with Gasteiger partial charge < -0.3 is 19.5 Å². The van der Waals surface area contributed by atoms with E-state index in [1.54, 1.807) is 12.0 Å². The molecule has 5 rings (SSSR count). The minimum atomic E-state index is -0.484. The summed E-state index contributed by atoms with van der Waals surface area (Å²) in [6.45, 7) is 5.05. The molecule has 0 radical (unpaired) electrons. The molecule has 2 aliphatic rings. The molecule has 2 aliphatic heterocycles. The number of aromatic nitrogens is 1. The van der Waals surface area contributed by atoms with Crippen molar-refractivity contribution in [2.24, 2.45) is 5.92 Å². The van der Waals surface area contributed by atoms with E-state index in [9.17, 15) is 9.59 Å². The average molecular weight is 432 g/mol. The maximum absolute atomic E-state index is 13.6. The topological polar surface area (TPSA) is 65.6 Å². The van der Waals surface area contributed by atoms with Gasteiger partial charge in [-0.2, -0.15) is 0 Å². The average Bonchev–Trinajstić information content (AvgIpc) is 3.17. The van der Waals surface area contributed by atoms with Gasteiger partial charge >= 0.3 is 0 Å². The van der Waals surface area contributed by atoms with E-state index in [2.05, 4.69) is 31.0 Å². The summed E-state index contributed by atoms with van der Waals surface area (Å²) in [6, 6.07) is 15.2. The van der Waals surface area contributed by atoms with E-state index < -0.39 is 6.04 Å². The number of nitrogens with one attached hydrogen (secondary N) is 1. The van der Waals surface area contributed by atoms with E-state index in [1.165, 1.54) is 0 Å². The van der Waals surface area contributed by atoms with Gasteiger partial charge in [0.2, 0.25) is 11.8 Å². The molecule has 2 amide bonds. The highest BCUT2D eigenvalue weighted by Gasteiger charge is 2.48. The summed E-state index contributed by atoms with van der Waals surface area (Å²) in [4.78, 5) is 34.2. The Hall–Kier alpha value is -3.28. The first kappa shape index (κ1) is 20.6. The van der Waals surface area contributed by atoms with Crippen molar-refractivity contribution in [3.05, 3.63) is 65.4 Å². The highest BCUT2D eigenvalue weighted by Crippen LogP contribution is 2.42. The minimum absolute atomic E-state index is 0.00322. The lowest BCUT2D eigenvalue weighted by molar-refractivity contribution is -0.158. The molecule has 0 aliphatic carbocycles. The van der Waals surface area contributed by atoms with Gasteiger partial charge in [-0.1, -0.05) is 44.2 Å². The first-order valence-electron chi connectivity index (χ1n) is 11.3. The van der Waals surface area contributed by atoms with Crippen LogP contribution in [0, 0.1) is 5.92 Å². The summed E-state index contributed by atoms with van der Waals surface area (Å²) in [6.07, 6.45) is 1.43. The molecule has 6 heteroatoms. The van der Waals surface area contributed by atoms with Crippen molar-refractivity contribution >= 4 is 22.7 Å². The highest BCUT2D eigenvalue weighted by molar-refractivity contribution is 5.97. The fourth-order valence-corrected chi connectivity index (χ4v) is 5.06. The molecule has 1 saturated heterocycles. The Morgan fingerprint density at radius 1 is 1.09 bits per heavy atom. The Kier molecular flexibility index (Phi) is 5.16. The Labute approximate surface area is 188 Å². The third-order valence-corrected chi connectivity index (χ3v) is 6.75. The smallest absolute Gasteiger partial charge is 0.246 e. The van der Waals surface area contributed by atoms with Crippen molar-refractivity contribution in [1.82, 2.24) is 14.8 Å². The molecule has 1 fully saturated rings.